The lowest BCUT2D eigenvalue weighted by Gasteiger charge is -2.04. The number of carboxylic acids is 1. The number of methoxy groups -OCH3 is 1. The summed E-state index contributed by atoms with van der Waals surface area (Å²) in [6.07, 6.45) is 1.70. The number of thioether (sulfide) groups is 1. The Morgan fingerprint density at radius 2 is 2.00 bits per heavy atom. The van der Waals surface area contributed by atoms with Gasteiger partial charge in [0.1, 0.15) is 11.5 Å². The molecule has 2 N–H and O–H groups in total. The number of carboxylic acid groups (broad SMARTS) is 1. The summed E-state index contributed by atoms with van der Waals surface area (Å²) in [5.74, 6) is 0.148. The Kier molecular flexibility index (Phi) is 6.33. The number of rotatable bonds is 7. The molecule has 0 spiro atoms. The van der Waals surface area contributed by atoms with Gasteiger partial charge in [0.15, 0.2) is 5.17 Å². The Morgan fingerprint density at radius 1 is 1.21 bits per heavy atom. The van der Waals surface area contributed by atoms with Crippen molar-refractivity contribution in [2.24, 2.45) is 4.99 Å². The number of benzene rings is 2. The minimum absolute atomic E-state index is 0.0575. The van der Waals surface area contributed by atoms with Gasteiger partial charge in [-0.2, -0.15) is 0 Å². The van der Waals surface area contributed by atoms with Gasteiger partial charge < -0.3 is 19.9 Å². The van der Waals surface area contributed by atoms with E-state index in [2.05, 4.69) is 10.3 Å². The minimum Gasteiger partial charge on any atom is -0.497 e. The average Bonchev–Trinajstić information content (AvgIpc) is 3.02. The molecule has 2 aromatic carbocycles. The lowest BCUT2D eigenvalue weighted by Crippen LogP contribution is -2.19. The summed E-state index contributed by atoms with van der Waals surface area (Å²) in [6.45, 7) is 0.109. The second-order valence-corrected chi connectivity index (χ2v) is 6.78. The van der Waals surface area contributed by atoms with Crippen LogP contribution in [0.3, 0.4) is 0 Å². The number of nitrogens with zero attached hydrogens (tertiary/aromatic N) is 1. The van der Waals surface area contributed by atoms with Crippen LogP contribution >= 0.6 is 11.8 Å². The Balaban J connectivity index is 1.66. The van der Waals surface area contributed by atoms with Crippen LogP contribution < -0.4 is 14.8 Å². The van der Waals surface area contributed by atoms with Gasteiger partial charge in [-0.25, -0.2) is 4.99 Å². The van der Waals surface area contributed by atoms with Gasteiger partial charge in [-0.15, -0.1) is 0 Å². The van der Waals surface area contributed by atoms with Crippen molar-refractivity contribution >= 4 is 40.6 Å². The minimum atomic E-state index is -0.906. The van der Waals surface area contributed by atoms with Crippen molar-refractivity contribution in [3.63, 3.8) is 0 Å². The molecule has 0 unspecified atom stereocenters. The number of hydrogen-bond acceptors (Lipinski definition) is 6. The zero-order chi connectivity index (χ0) is 19.9. The number of carbonyl (C=O) groups is 2. The topological polar surface area (TPSA) is 97.2 Å². The van der Waals surface area contributed by atoms with Gasteiger partial charge in [-0.05, 0) is 47.7 Å². The monoisotopic (exact) mass is 398 g/mol. The van der Waals surface area contributed by atoms with Crippen LogP contribution in [0.5, 0.6) is 11.5 Å². The van der Waals surface area contributed by atoms with Gasteiger partial charge in [0.25, 0.3) is 5.91 Å². The second kappa shape index (κ2) is 9.09. The van der Waals surface area contributed by atoms with Crippen LogP contribution in [0.1, 0.15) is 12.0 Å². The molecular formula is C20H18N2O5S. The highest BCUT2D eigenvalue weighted by molar-refractivity contribution is 8.18. The summed E-state index contributed by atoms with van der Waals surface area (Å²) in [4.78, 5) is 27.6. The SMILES string of the molecule is COc1cccc(N=C2NC(=O)/C(=C\c3ccc(OCCC(=O)O)cc3)S2)c1. The fourth-order valence-corrected chi connectivity index (χ4v) is 3.19. The first-order valence-corrected chi connectivity index (χ1v) is 9.23. The van der Waals surface area contributed by atoms with Gasteiger partial charge in [-0.3, -0.25) is 9.59 Å². The Labute approximate surface area is 166 Å². The van der Waals surface area contributed by atoms with Gasteiger partial charge >= 0.3 is 5.97 Å². The smallest absolute Gasteiger partial charge is 0.306 e. The molecule has 8 heteroatoms. The fourth-order valence-electron chi connectivity index (χ4n) is 2.35. The molecule has 0 aromatic heterocycles. The predicted octanol–water partition coefficient (Wildman–Crippen LogP) is 3.44. The highest BCUT2D eigenvalue weighted by Crippen LogP contribution is 2.29. The van der Waals surface area contributed by atoms with E-state index < -0.39 is 5.97 Å². The molecule has 1 heterocycles. The molecule has 1 amide bonds. The van der Waals surface area contributed by atoms with Crippen LogP contribution in [0.2, 0.25) is 0 Å². The number of hydrogen-bond donors (Lipinski definition) is 2. The lowest BCUT2D eigenvalue weighted by atomic mass is 10.2. The average molecular weight is 398 g/mol. The molecule has 0 aliphatic carbocycles. The maximum Gasteiger partial charge on any atom is 0.306 e. The van der Waals surface area contributed by atoms with Crippen molar-refractivity contribution < 1.29 is 24.2 Å². The molecule has 1 saturated heterocycles. The Bertz CT molecular complexity index is 938. The van der Waals surface area contributed by atoms with Crippen molar-refractivity contribution in [3.8, 4) is 11.5 Å². The van der Waals surface area contributed by atoms with E-state index in [9.17, 15) is 9.59 Å². The molecular weight excluding hydrogens is 380 g/mol. The first kappa shape index (κ1) is 19.5. The summed E-state index contributed by atoms with van der Waals surface area (Å²) in [5, 5.41) is 11.9. The standard InChI is InChI=1S/C20H18N2O5S/c1-26-16-4-2-3-14(12-16)21-20-22-19(25)17(28-20)11-13-5-7-15(8-6-13)27-10-9-18(23)24/h2-8,11-12H,9-10H2,1H3,(H,23,24)(H,21,22,25)/b17-11+. The van der Waals surface area contributed by atoms with E-state index in [0.29, 0.717) is 27.3 Å². The maximum atomic E-state index is 12.2. The van der Waals surface area contributed by atoms with Gasteiger partial charge in [0.2, 0.25) is 0 Å². The third-order valence-electron chi connectivity index (χ3n) is 3.70. The van der Waals surface area contributed by atoms with Crippen LogP contribution in [0.15, 0.2) is 58.4 Å². The van der Waals surface area contributed by atoms with Crippen molar-refractivity contribution in [1.29, 1.82) is 0 Å². The van der Waals surface area contributed by atoms with E-state index >= 15 is 0 Å². The van der Waals surface area contributed by atoms with Crippen molar-refractivity contribution in [3.05, 3.63) is 59.0 Å². The number of ether oxygens (including phenoxy) is 2. The maximum absolute atomic E-state index is 12.2. The molecule has 7 nitrogen and oxygen atoms in total. The second-order valence-electron chi connectivity index (χ2n) is 5.74. The van der Waals surface area contributed by atoms with E-state index in [4.69, 9.17) is 14.6 Å². The van der Waals surface area contributed by atoms with Crippen LogP contribution in [-0.4, -0.2) is 35.9 Å². The number of aliphatic carboxylic acids is 1. The van der Waals surface area contributed by atoms with Gasteiger partial charge in [0, 0.05) is 6.07 Å². The zero-order valence-electron chi connectivity index (χ0n) is 15.0. The number of aliphatic imine (C=N–C) groups is 1. The van der Waals surface area contributed by atoms with E-state index in [1.807, 2.05) is 18.2 Å². The molecule has 28 heavy (non-hydrogen) atoms. The molecule has 1 aliphatic heterocycles. The van der Waals surface area contributed by atoms with E-state index in [1.54, 1.807) is 43.5 Å². The molecule has 0 saturated carbocycles. The van der Waals surface area contributed by atoms with Crippen molar-refractivity contribution in [1.82, 2.24) is 5.32 Å². The molecule has 0 atom stereocenters. The predicted molar refractivity (Wildman–Crippen MR) is 108 cm³/mol. The Hall–Kier alpha value is -3.26. The third kappa shape index (κ3) is 5.37. The zero-order valence-corrected chi connectivity index (χ0v) is 15.9. The summed E-state index contributed by atoms with van der Waals surface area (Å²) in [6, 6.07) is 14.3. The molecule has 3 rings (SSSR count). The quantitative estimate of drug-likeness (QED) is 0.694. The first-order chi connectivity index (χ1) is 13.5. The summed E-state index contributed by atoms with van der Waals surface area (Å²) < 4.78 is 10.5. The molecule has 0 radical (unpaired) electrons. The van der Waals surface area contributed by atoms with Gasteiger partial charge in [0.05, 0.1) is 30.7 Å². The van der Waals surface area contributed by atoms with E-state index in [0.717, 1.165) is 5.56 Å². The summed E-state index contributed by atoms with van der Waals surface area (Å²) in [5.41, 5.74) is 1.51. The van der Waals surface area contributed by atoms with E-state index in [1.165, 1.54) is 11.8 Å². The number of amidine groups is 1. The number of nitrogens with one attached hydrogen (secondary N) is 1. The van der Waals surface area contributed by atoms with Crippen molar-refractivity contribution in [2.45, 2.75) is 6.42 Å². The normalized spacial score (nSPS) is 16.2. The van der Waals surface area contributed by atoms with E-state index in [-0.39, 0.29) is 18.9 Å². The number of amides is 1. The fraction of sp³-hybridized carbons (Fsp3) is 0.150. The highest BCUT2D eigenvalue weighted by Gasteiger charge is 2.23. The molecule has 2 aromatic rings. The summed E-state index contributed by atoms with van der Waals surface area (Å²) >= 11 is 1.26. The van der Waals surface area contributed by atoms with Crippen LogP contribution in [-0.2, 0) is 9.59 Å². The third-order valence-corrected chi connectivity index (χ3v) is 4.61. The lowest BCUT2D eigenvalue weighted by molar-refractivity contribution is -0.137. The van der Waals surface area contributed by atoms with Gasteiger partial charge in [-0.1, -0.05) is 18.2 Å². The van der Waals surface area contributed by atoms with Crippen LogP contribution in [0, 0.1) is 0 Å². The molecule has 144 valence electrons. The van der Waals surface area contributed by atoms with Crippen LogP contribution in [0.25, 0.3) is 6.08 Å². The van der Waals surface area contributed by atoms with Crippen LogP contribution in [0.4, 0.5) is 5.69 Å². The number of carbonyl (C=O) groups excluding carboxylic acids is 1. The first-order valence-electron chi connectivity index (χ1n) is 8.42. The van der Waals surface area contributed by atoms with Crippen molar-refractivity contribution in [2.75, 3.05) is 13.7 Å². The highest BCUT2D eigenvalue weighted by atomic mass is 32.2. The summed E-state index contributed by atoms with van der Waals surface area (Å²) in [7, 11) is 1.58. The Morgan fingerprint density at radius 3 is 2.71 bits per heavy atom. The molecule has 1 aliphatic rings. The molecule has 1 fully saturated rings. The molecule has 0 bridgehead atoms. The largest absolute Gasteiger partial charge is 0.497 e.